The molecular weight excluding hydrogens is 254 g/mol. The van der Waals surface area contributed by atoms with Gasteiger partial charge in [0.05, 0.1) is 5.92 Å². The van der Waals surface area contributed by atoms with Crippen molar-refractivity contribution in [1.82, 2.24) is 5.32 Å². The maximum Gasteiger partial charge on any atom is 0.329 e. The zero-order valence-corrected chi connectivity index (χ0v) is 12.3. The molecule has 1 rings (SSSR count). The Kier molecular flexibility index (Phi) is 5.74. The van der Waals surface area contributed by atoms with E-state index in [0.29, 0.717) is 19.3 Å². The smallest absolute Gasteiger partial charge is 0.329 e. The van der Waals surface area contributed by atoms with Gasteiger partial charge in [-0.2, -0.15) is 0 Å². The van der Waals surface area contributed by atoms with Crippen molar-refractivity contribution in [3.8, 4) is 0 Å². The van der Waals surface area contributed by atoms with Gasteiger partial charge in [0, 0.05) is 0 Å². The van der Waals surface area contributed by atoms with Crippen LogP contribution in [-0.4, -0.2) is 22.5 Å². The highest BCUT2D eigenvalue weighted by Crippen LogP contribution is 2.23. The monoisotopic (exact) mass is 277 g/mol. The first-order chi connectivity index (χ1) is 9.50. The van der Waals surface area contributed by atoms with Crippen molar-refractivity contribution in [2.24, 2.45) is 0 Å². The number of carbonyl (C=O) groups excluding carboxylic acids is 1. The van der Waals surface area contributed by atoms with Crippen LogP contribution in [0.5, 0.6) is 0 Å². The van der Waals surface area contributed by atoms with E-state index >= 15 is 0 Å². The average Bonchev–Trinajstić information content (AvgIpc) is 2.46. The largest absolute Gasteiger partial charge is 0.480 e. The van der Waals surface area contributed by atoms with Crippen LogP contribution in [0.2, 0.25) is 0 Å². The third kappa shape index (κ3) is 3.38. The summed E-state index contributed by atoms with van der Waals surface area (Å²) < 4.78 is 0. The lowest BCUT2D eigenvalue weighted by atomic mass is 9.89. The summed E-state index contributed by atoms with van der Waals surface area (Å²) >= 11 is 0. The van der Waals surface area contributed by atoms with Crippen LogP contribution in [0.15, 0.2) is 30.3 Å². The predicted octanol–water partition coefficient (Wildman–Crippen LogP) is 2.94. The van der Waals surface area contributed by atoms with Crippen LogP contribution in [0, 0.1) is 0 Å². The predicted molar refractivity (Wildman–Crippen MR) is 78.6 cm³/mol. The zero-order chi connectivity index (χ0) is 15.2. The van der Waals surface area contributed by atoms with Crippen LogP contribution in [-0.2, 0) is 9.59 Å². The van der Waals surface area contributed by atoms with Gasteiger partial charge in [0.1, 0.15) is 5.54 Å². The van der Waals surface area contributed by atoms with Gasteiger partial charge in [-0.15, -0.1) is 0 Å². The number of carbonyl (C=O) groups is 2. The minimum absolute atomic E-state index is 0.218. The number of rotatable bonds is 7. The molecule has 1 unspecified atom stereocenters. The minimum atomic E-state index is -1.17. The molecule has 4 heteroatoms. The van der Waals surface area contributed by atoms with E-state index in [1.165, 1.54) is 0 Å². The van der Waals surface area contributed by atoms with E-state index in [0.717, 1.165) is 5.56 Å². The summed E-state index contributed by atoms with van der Waals surface area (Å²) in [5.74, 6) is -1.50. The van der Waals surface area contributed by atoms with E-state index in [9.17, 15) is 14.7 Å². The van der Waals surface area contributed by atoms with E-state index in [1.807, 2.05) is 37.3 Å². The molecule has 0 aliphatic heterocycles. The molecule has 1 amide bonds. The third-order valence-electron chi connectivity index (χ3n) is 3.91. The second-order valence-corrected chi connectivity index (χ2v) is 4.96. The van der Waals surface area contributed by atoms with Crippen molar-refractivity contribution in [3.63, 3.8) is 0 Å². The topological polar surface area (TPSA) is 66.4 Å². The minimum Gasteiger partial charge on any atom is -0.480 e. The van der Waals surface area contributed by atoms with E-state index < -0.39 is 11.5 Å². The number of amides is 1. The lowest BCUT2D eigenvalue weighted by Crippen LogP contribution is -2.54. The quantitative estimate of drug-likeness (QED) is 0.805. The Balaban J connectivity index is 2.95. The molecule has 0 aliphatic rings. The molecule has 4 nitrogen and oxygen atoms in total. The fourth-order valence-electron chi connectivity index (χ4n) is 2.36. The van der Waals surface area contributed by atoms with Gasteiger partial charge in [-0.25, -0.2) is 4.79 Å². The number of hydrogen-bond donors (Lipinski definition) is 2. The van der Waals surface area contributed by atoms with Gasteiger partial charge < -0.3 is 10.4 Å². The molecule has 0 aliphatic carbocycles. The SMILES string of the molecule is CCC(C(=O)NC(CC)(CC)C(=O)O)c1ccccc1. The molecular formula is C16H23NO3. The van der Waals surface area contributed by atoms with Crippen LogP contribution >= 0.6 is 0 Å². The van der Waals surface area contributed by atoms with Gasteiger partial charge in [0.2, 0.25) is 5.91 Å². The molecule has 1 aromatic rings. The number of carboxylic acids is 1. The van der Waals surface area contributed by atoms with Crippen LogP contribution in [0.4, 0.5) is 0 Å². The van der Waals surface area contributed by atoms with Gasteiger partial charge in [0.25, 0.3) is 0 Å². The van der Waals surface area contributed by atoms with E-state index in [-0.39, 0.29) is 11.8 Å². The first kappa shape index (κ1) is 16.2. The van der Waals surface area contributed by atoms with Crippen molar-refractivity contribution in [1.29, 1.82) is 0 Å². The second kappa shape index (κ2) is 7.08. The molecule has 0 spiro atoms. The van der Waals surface area contributed by atoms with E-state index in [4.69, 9.17) is 0 Å². The fourth-order valence-corrected chi connectivity index (χ4v) is 2.36. The Labute approximate surface area is 120 Å². The van der Waals surface area contributed by atoms with Crippen molar-refractivity contribution in [3.05, 3.63) is 35.9 Å². The van der Waals surface area contributed by atoms with Gasteiger partial charge in [-0.05, 0) is 24.8 Å². The maximum absolute atomic E-state index is 12.4. The van der Waals surface area contributed by atoms with E-state index in [1.54, 1.807) is 13.8 Å². The van der Waals surface area contributed by atoms with Crippen LogP contribution in [0.1, 0.15) is 51.5 Å². The summed E-state index contributed by atoms with van der Waals surface area (Å²) in [4.78, 5) is 23.9. The lowest BCUT2D eigenvalue weighted by molar-refractivity contribution is -0.148. The third-order valence-corrected chi connectivity index (χ3v) is 3.91. The molecule has 20 heavy (non-hydrogen) atoms. The first-order valence-electron chi connectivity index (χ1n) is 7.11. The summed E-state index contributed by atoms with van der Waals surface area (Å²) in [6.07, 6.45) is 1.38. The normalized spacial score (nSPS) is 12.8. The van der Waals surface area contributed by atoms with Crippen molar-refractivity contribution in [2.45, 2.75) is 51.5 Å². The highest BCUT2D eigenvalue weighted by Gasteiger charge is 2.37. The van der Waals surface area contributed by atoms with Crippen LogP contribution in [0.25, 0.3) is 0 Å². The Morgan fingerprint density at radius 3 is 2.10 bits per heavy atom. The van der Waals surface area contributed by atoms with Crippen LogP contribution < -0.4 is 5.32 Å². The molecule has 0 heterocycles. The number of benzene rings is 1. The Hall–Kier alpha value is -1.84. The molecule has 1 atom stereocenters. The van der Waals surface area contributed by atoms with Gasteiger partial charge in [0.15, 0.2) is 0 Å². The van der Waals surface area contributed by atoms with E-state index in [2.05, 4.69) is 5.32 Å². The Morgan fingerprint density at radius 1 is 1.15 bits per heavy atom. The Morgan fingerprint density at radius 2 is 1.70 bits per heavy atom. The molecule has 2 N–H and O–H groups in total. The molecule has 0 saturated carbocycles. The summed E-state index contributed by atoms with van der Waals surface area (Å²) in [5.41, 5.74) is -0.252. The maximum atomic E-state index is 12.4. The summed E-state index contributed by atoms with van der Waals surface area (Å²) in [6.45, 7) is 5.49. The second-order valence-electron chi connectivity index (χ2n) is 4.96. The molecule has 0 fully saturated rings. The molecule has 1 aromatic carbocycles. The number of aliphatic carboxylic acids is 1. The molecule has 0 saturated heterocycles. The van der Waals surface area contributed by atoms with Crippen LogP contribution in [0.3, 0.4) is 0 Å². The molecule has 0 radical (unpaired) electrons. The molecule has 0 bridgehead atoms. The highest BCUT2D eigenvalue weighted by molar-refractivity contribution is 5.90. The van der Waals surface area contributed by atoms with Crippen molar-refractivity contribution >= 4 is 11.9 Å². The standard InChI is InChI=1S/C16H23NO3/c1-4-13(12-10-8-7-9-11-12)14(18)17-16(5-2,6-3)15(19)20/h7-11,13H,4-6H2,1-3H3,(H,17,18)(H,19,20). The van der Waals surface area contributed by atoms with Crippen molar-refractivity contribution < 1.29 is 14.7 Å². The molecule has 0 aromatic heterocycles. The number of carboxylic acid groups (broad SMARTS) is 1. The lowest BCUT2D eigenvalue weighted by Gasteiger charge is -2.30. The summed E-state index contributed by atoms with van der Waals surface area (Å²) in [7, 11) is 0. The first-order valence-corrected chi connectivity index (χ1v) is 7.11. The van der Waals surface area contributed by atoms with Gasteiger partial charge in [-0.3, -0.25) is 4.79 Å². The summed E-state index contributed by atoms with van der Waals surface area (Å²) in [6, 6.07) is 9.46. The highest BCUT2D eigenvalue weighted by atomic mass is 16.4. The molecule has 110 valence electrons. The zero-order valence-electron chi connectivity index (χ0n) is 12.3. The van der Waals surface area contributed by atoms with Crippen molar-refractivity contribution in [2.75, 3.05) is 0 Å². The number of hydrogen-bond acceptors (Lipinski definition) is 2. The van der Waals surface area contributed by atoms with Gasteiger partial charge in [-0.1, -0.05) is 51.1 Å². The Bertz CT molecular complexity index is 452. The fraction of sp³-hybridized carbons (Fsp3) is 0.500. The average molecular weight is 277 g/mol. The number of nitrogens with one attached hydrogen (secondary N) is 1. The van der Waals surface area contributed by atoms with Gasteiger partial charge >= 0.3 is 5.97 Å². The summed E-state index contributed by atoms with van der Waals surface area (Å²) in [5, 5.41) is 12.1.